The molecule has 0 aliphatic carbocycles. The molecule has 0 saturated heterocycles. The number of para-hydroxylation sites is 2. The molecule has 3 aromatic rings. The maximum absolute atomic E-state index is 13.0. The highest BCUT2D eigenvalue weighted by molar-refractivity contribution is 7.98. The summed E-state index contributed by atoms with van der Waals surface area (Å²) in [4.78, 5) is 7.70. The predicted octanol–water partition coefficient (Wildman–Crippen LogP) is 3.99. The molecule has 1 aromatic heterocycles. The van der Waals surface area contributed by atoms with Crippen LogP contribution in [0, 0.1) is 5.82 Å². The van der Waals surface area contributed by atoms with Crippen LogP contribution in [0.1, 0.15) is 5.56 Å². The average Bonchev–Trinajstić information content (AvgIpc) is 2.79. The van der Waals surface area contributed by atoms with Gasteiger partial charge in [0.25, 0.3) is 0 Å². The van der Waals surface area contributed by atoms with E-state index in [-0.39, 0.29) is 5.82 Å². The van der Waals surface area contributed by atoms with Crippen molar-refractivity contribution in [2.45, 2.75) is 10.9 Å². The van der Waals surface area contributed by atoms with E-state index in [1.165, 1.54) is 6.07 Å². The van der Waals surface area contributed by atoms with Gasteiger partial charge in [-0.3, -0.25) is 0 Å². The summed E-state index contributed by atoms with van der Waals surface area (Å²) in [5, 5.41) is 0.862. The molecule has 2 aromatic carbocycles. The van der Waals surface area contributed by atoms with Crippen LogP contribution < -0.4 is 0 Å². The zero-order chi connectivity index (χ0) is 12.4. The quantitative estimate of drug-likeness (QED) is 0.719. The van der Waals surface area contributed by atoms with E-state index in [4.69, 9.17) is 0 Å². The Balaban J connectivity index is 1.76. The van der Waals surface area contributed by atoms with Crippen LogP contribution in [0.3, 0.4) is 0 Å². The van der Waals surface area contributed by atoms with Crippen LogP contribution in [0.25, 0.3) is 11.0 Å². The number of halogens is 1. The Morgan fingerprint density at radius 1 is 1.11 bits per heavy atom. The summed E-state index contributed by atoms with van der Waals surface area (Å²) in [7, 11) is 0. The van der Waals surface area contributed by atoms with E-state index < -0.39 is 0 Å². The Kier molecular flexibility index (Phi) is 3.02. The number of nitrogens with zero attached hydrogens (tertiary/aromatic N) is 1. The Labute approximate surface area is 108 Å². The van der Waals surface area contributed by atoms with Crippen molar-refractivity contribution < 1.29 is 4.39 Å². The van der Waals surface area contributed by atoms with E-state index in [0.29, 0.717) is 5.75 Å². The monoisotopic (exact) mass is 258 g/mol. The van der Waals surface area contributed by atoms with Gasteiger partial charge in [-0.05, 0) is 29.8 Å². The second-order valence-corrected chi connectivity index (χ2v) is 4.94. The van der Waals surface area contributed by atoms with Gasteiger partial charge >= 0.3 is 0 Å². The molecule has 90 valence electrons. The van der Waals surface area contributed by atoms with Crippen LogP contribution >= 0.6 is 11.8 Å². The first-order chi connectivity index (χ1) is 8.81. The molecule has 0 aliphatic heterocycles. The summed E-state index contributed by atoms with van der Waals surface area (Å²) in [6, 6.07) is 14.5. The van der Waals surface area contributed by atoms with Gasteiger partial charge in [-0.15, -0.1) is 0 Å². The number of fused-ring (bicyclic) bond motifs is 1. The first-order valence-corrected chi connectivity index (χ1v) is 6.62. The van der Waals surface area contributed by atoms with Crippen LogP contribution in [0.15, 0.2) is 53.7 Å². The lowest BCUT2D eigenvalue weighted by Crippen LogP contribution is -1.83. The third kappa shape index (κ3) is 2.38. The molecule has 0 atom stereocenters. The van der Waals surface area contributed by atoms with Crippen LogP contribution in [-0.4, -0.2) is 9.97 Å². The normalized spacial score (nSPS) is 10.9. The summed E-state index contributed by atoms with van der Waals surface area (Å²) in [6.45, 7) is 0. The zero-order valence-electron chi connectivity index (χ0n) is 9.56. The fourth-order valence-electron chi connectivity index (χ4n) is 1.78. The topological polar surface area (TPSA) is 28.7 Å². The number of rotatable bonds is 3. The van der Waals surface area contributed by atoms with Gasteiger partial charge in [0.2, 0.25) is 0 Å². The highest BCUT2D eigenvalue weighted by Crippen LogP contribution is 2.23. The van der Waals surface area contributed by atoms with Crippen molar-refractivity contribution in [1.82, 2.24) is 9.97 Å². The van der Waals surface area contributed by atoms with Crippen LogP contribution in [0.2, 0.25) is 0 Å². The standard InChI is InChI=1S/C14H11FN2S/c15-11-5-3-4-10(8-11)9-18-14-16-12-6-1-2-7-13(12)17-14/h1-8H,9H2,(H,16,17). The molecule has 4 heteroatoms. The Bertz CT molecular complexity index is 645. The van der Waals surface area contributed by atoms with E-state index >= 15 is 0 Å². The van der Waals surface area contributed by atoms with Gasteiger partial charge in [-0.2, -0.15) is 0 Å². The van der Waals surface area contributed by atoms with Gasteiger partial charge in [0.1, 0.15) is 5.82 Å². The summed E-state index contributed by atoms with van der Waals surface area (Å²) >= 11 is 1.57. The van der Waals surface area contributed by atoms with Crippen molar-refractivity contribution in [2.24, 2.45) is 0 Å². The fraction of sp³-hybridized carbons (Fsp3) is 0.0714. The number of benzene rings is 2. The number of H-pyrrole nitrogens is 1. The molecule has 0 aliphatic rings. The third-order valence-electron chi connectivity index (χ3n) is 2.63. The van der Waals surface area contributed by atoms with Gasteiger partial charge < -0.3 is 4.98 Å². The molecule has 1 N–H and O–H groups in total. The molecular weight excluding hydrogens is 247 g/mol. The van der Waals surface area contributed by atoms with Crippen LogP contribution in [0.5, 0.6) is 0 Å². The second kappa shape index (κ2) is 4.82. The molecule has 0 saturated carbocycles. The number of aromatic amines is 1. The lowest BCUT2D eigenvalue weighted by Gasteiger charge is -1.98. The summed E-state index contributed by atoms with van der Waals surface area (Å²) < 4.78 is 13.0. The summed E-state index contributed by atoms with van der Waals surface area (Å²) in [5.41, 5.74) is 2.94. The molecule has 18 heavy (non-hydrogen) atoms. The van der Waals surface area contributed by atoms with Crippen molar-refractivity contribution >= 4 is 22.8 Å². The zero-order valence-corrected chi connectivity index (χ0v) is 10.4. The SMILES string of the molecule is Fc1cccc(CSc2nc3ccccc3[nH]2)c1. The molecule has 3 rings (SSSR count). The predicted molar refractivity (Wildman–Crippen MR) is 72.1 cm³/mol. The van der Waals surface area contributed by atoms with Gasteiger partial charge in [0.05, 0.1) is 11.0 Å². The Hall–Kier alpha value is -1.81. The van der Waals surface area contributed by atoms with E-state index in [2.05, 4.69) is 9.97 Å². The number of hydrogen-bond donors (Lipinski definition) is 1. The summed E-state index contributed by atoms with van der Waals surface area (Å²) in [6.07, 6.45) is 0. The third-order valence-corrected chi connectivity index (χ3v) is 3.58. The van der Waals surface area contributed by atoms with E-state index in [0.717, 1.165) is 21.8 Å². The van der Waals surface area contributed by atoms with E-state index in [1.54, 1.807) is 23.9 Å². The summed E-state index contributed by atoms with van der Waals surface area (Å²) in [5.74, 6) is 0.509. The first kappa shape index (κ1) is 11.3. The van der Waals surface area contributed by atoms with E-state index in [9.17, 15) is 4.39 Å². The maximum atomic E-state index is 13.0. The number of nitrogens with one attached hydrogen (secondary N) is 1. The van der Waals surface area contributed by atoms with Crippen LogP contribution in [0.4, 0.5) is 4.39 Å². The van der Waals surface area contributed by atoms with Crippen LogP contribution in [-0.2, 0) is 5.75 Å². The lowest BCUT2D eigenvalue weighted by molar-refractivity contribution is 0.626. The van der Waals surface area contributed by atoms with E-state index in [1.807, 2.05) is 30.3 Å². The molecule has 1 heterocycles. The minimum absolute atomic E-state index is 0.197. The van der Waals surface area contributed by atoms with Crippen molar-refractivity contribution in [1.29, 1.82) is 0 Å². The van der Waals surface area contributed by atoms with Gasteiger partial charge in [0, 0.05) is 5.75 Å². The minimum Gasteiger partial charge on any atom is -0.333 e. The first-order valence-electron chi connectivity index (χ1n) is 5.63. The van der Waals surface area contributed by atoms with Crippen molar-refractivity contribution in [2.75, 3.05) is 0 Å². The maximum Gasteiger partial charge on any atom is 0.166 e. The van der Waals surface area contributed by atoms with Crippen molar-refractivity contribution in [3.8, 4) is 0 Å². The van der Waals surface area contributed by atoms with Crippen molar-refractivity contribution in [3.63, 3.8) is 0 Å². The molecule has 0 unspecified atom stereocenters. The molecule has 0 radical (unpaired) electrons. The molecule has 0 amide bonds. The molecule has 2 nitrogen and oxygen atoms in total. The number of hydrogen-bond acceptors (Lipinski definition) is 2. The fourth-order valence-corrected chi connectivity index (χ4v) is 2.60. The Morgan fingerprint density at radius 3 is 2.83 bits per heavy atom. The number of imidazole rings is 1. The molecular formula is C14H11FN2S. The molecule has 0 bridgehead atoms. The minimum atomic E-state index is -0.197. The number of thioether (sulfide) groups is 1. The van der Waals surface area contributed by atoms with Gasteiger partial charge in [-0.1, -0.05) is 36.0 Å². The highest BCUT2D eigenvalue weighted by Gasteiger charge is 2.03. The largest absolute Gasteiger partial charge is 0.333 e. The lowest BCUT2D eigenvalue weighted by atomic mass is 10.2. The second-order valence-electron chi connectivity index (χ2n) is 3.98. The van der Waals surface area contributed by atoms with Gasteiger partial charge in [-0.25, -0.2) is 9.37 Å². The highest BCUT2D eigenvalue weighted by atomic mass is 32.2. The molecule has 0 fully saturated rings. The Morgan fingerprint density at radius 2 is 2.00 bits per heavy atom. The van der Waals surface area contributed by atoms with Crippen molar-refractivity contribution in [3.05, 3.63) is 59.9 Å². The van der Waals surface area contributed by atoms with Gasteiger partial charge in [0.15, 0.2) is 5.16 Å². The smallest absolute Gasteiger partial charge is 0.166 e. The molecule has 0 spiro atoms. The average molecular weight is 258 g/mol. The number of aromatic nitrogens is 2.